The van der Waals surface area contributed by atoms with Crippen LogP contribution in [-0.2, 0) is 20.1 Å². The molecule has 0 N–H and O–H groups in total. The van der Waals surface area contributed by atoms with Crippen molar-refractivity contribution in [2.45, 2.75) is 33.4 Å². The van der Waals surface area contributed by atoms with E-state index in [1.165, 1.54) is 39.2 Å². The molecular weight excluding hydrogens is 901 g/mol. The van der Waals surface area contributed by atoms with E-state index in [1.807, 2.05) is 42.6 Å². The number of fused-ring (bicyclic) bond motifs is 7. The minimum atomic E-state index is -2.23. The van der Waals surface area contributed by atoms with Crippen LogP contribution in [0.5, 0.6) is 0 Å². The van der Waals surface area contributed by atoms with Gasteiger partial charge in [0.1, 0.15) is 5.58 Å². The fourth-order valence-electron chi connectivity index (χ4n) is 7.45. The summed E-state index contributed by atoms with van der Waals surface area (Å²) in [6.45, 7) is 3.82. The maximum absolute atomic E-state index is 7.77. The van der Waals surface area contributed by atoms with E-state index in [-0.39, 0.29) is 25.7 Å². The fraction of sp³-hybridized carbons (Fsp3) is 0.0943. The third-order valence-corrected chi connectivity index (χ3v) is 12.6. The van der Waals surface area contributed by atoms with Crippen molar-refractivity contribution in [3.8, 4) is 44.8 Å². The maximum atomic E-state index is 7.77. The van der Waals surface area contributed by atoms with Crippen molar-refractivity contribution in [1.82, 2.24) is 9.97 Å². The zero-order valence-corrected chi connectivity index (χ0v) is 35.7. The fourth-order valence-corrected chi connectivity index (χ4v) is 8.61. The van der Waals surface area contributed by atoms with Crippen molar-refractivity contribution in [1.29, 1.82) is 0 Å². The standard InChI is InChI=1S/C34H26NOSi.C19H16N.Ir/c1-37(2,3)26-16-13-22(14-17-26)25-19-20-35-31(21-25)30-10-6-9-28-29-18-15-24-12-11-23-7-4-5-8-27(23)32(24)34(29)36-33(28)30;1-14-8-11-19(20-13-14)17-10-9-15(2)18(12-17)16-6-4-3-5-7-16;/h4-9,11-21H,1-3H3;3-9,11-13H,1-2H3;/q2*-1;/i;1D2,2D3;. The normalized spacial score (nSPS) is 12.9. The Bertz CT molecular complexity index is 3240. The van der Waals surface area contributed by atoms with E-state index < -0.39 is 21.8 Å². The second-order valence-electron chi connectivity index (χ2n) is 15.3. The summed E-state index contributed by atoms with van der Waals surface area (Å²) in [7, 11) is -1.33. The molecule has 0 aliphatic heterocycles. The minimum Gasteiger partial charge on any atom is -0.500 e. The first-order chi connectivity index (χ1) is 29.8. The maximum Gasteiger partial charge on any atom is 0.129 e. The molecule has 0 unspecified atom stereocenters. The first kappa shape index (κ1) is 33.0. The van der Waals surface area contributed by atoms with E-state index in [4.69, 9.17) is 16.3 Å². The summed E-state index contributed by atoms with van der Waals surface area (Å²) in [5.41, 5.74) is 9.33. The Morgan fingerprint density at radius 2 is 1.40 bits per heavy atom. The second kappa shape index (κ2) is 16.1. The number of benzene rings is 7. The van der Waals surface area contributed by atoms with E-state index in [1.54, 1.807) is 18.2 Å². The molecule has 0 spiro atoms. The molecule has 7 aromatic carbocycles. The molecule has 10 rings (SSSR count). The average Bonchev–Trinajstić information content (AvgIpc) is 3.68. The summed E-state index contributed by atoms with van der Waals surface area (Å²) in [5.74, 6) is 0. The number of aromatic nitrogens is 2. The van der Waals surface area contributed by atoms with E-state index in [0.29, 0.717) is 22.4 Å². The Morgan fingerprint density at radius 1 is 0.621 bits per heavy atom. The van der Waals surface area contributed by atoms with Crippen LogP contribution >= 0.6 is 0 Å². The van der Waals surface area contributed by atoms with Crippen molar-refractivity contribution < 1.29 is 31.4 Å². The number of nitrogens with zero attached hydrogens (tertiary/aromatic N) is 2. The average molecular weight is 948 g/mol. The Hall–Kier alpha value is -5.97. The van der Waals surface area contributed by atoms with Gasteiger partial charge in [0.2, 0.25) is 0 Å². The molecule has 0 aliphatic carbocycles. The Balaban J connectivity index is 0.000000184. The van der Waals surface area contributed by atoms with Crippen LogP contribution < -0.4 is 5.19 Å². The third kappa shape index (κ3) is 7.57. The molecule has 1 radical (unpaired) electrons. The first-order valence-corrected chi connectivity index (χ1v) is 22.5. The number of hydrogen-bond donors (Lipinski definition) is 0. The van der Waals surface area contributed by atoms with Crippen molar-refractivity contribution >= 4 is 56.7 Å². The van der Waals surface area contributed by atoms with Crippen LogP contribution in [0.2, 0.25) is 19.6 Å². The van der Waals surface area contributed by atoms with Gasteiger partial charge in [-0.15, -0.1) is 47.5 Å². The SMILES string of the molecule is C[Si](C)(C)c1ccc(-c2ccnc(-c3[c-]ccc4c3oc3c4ccc4ccc5ccccc5c43)c2)cc1.[2H]C([2H])c1ccc(-c2[c-]cc(C([2H])([2H])[2H])c(-c3ccccc3)c2)nc1.[Ir]. The smallest absolute Gasteiger partial charge is 0.129 e. The first-order valence-electron chi connectivity index (χ1n) is 21.7. The number of pyridine rings is 2. The molecule has 3 aromatic heterocycles. The summed E-state index contributed by atoms with van der Waals surface area (Å²) < 4.78 is 44.8. The number of hydrogen-bond acceptors (Lipinski definition) is 3. The summed E-state index contributed by atoms with van der Waals surface area (Å²) in [6, 6.07) is 57.0. The predicted molar refractivity (Wildman–Crippen MR) is 243 cm³/mol. The third-order valence-electron chi connectivity index (χ3n) is 10.5. The quantitative estimate of drug-likeness (QED) is 0.0980. The van der Waals surface area contributed by atoms with E-state index in [0.717, 1.165) is 49.7 Å². The van der Waals surface area contributed by atoms with Crippen LogP contribution in [0.1, 0.15) is 18.0 Å². The van der Waals surface area contributed by atoms with E-state index >= 15 is 0 Å². The van der Waals surface area contributed by atoms with Gasteiger partial charge in [-0.05, 0) is 62.7 Å². The van der Waals surface area contributed by atoms with Crippen LogP contribution in [0.15, 0.2) is 168 Å². The van der Waals surface area contributed by atoms with Gasteiger partial charge in [-0.2, -0.15) is 0 Å². The molecule has 0 aliphatic rings. The van der Waals surface area contributed by atoms with Crippen molar-refractivity contribution in [3.05, 3.63) is 187 Å². The van der Waals surface area contributed by atoms with Gasteiger partial charge in [0.15, 0.2) is 0 Å². The number of aryl methyl sites for hydroxylation is 2. The molecule has 0 fully saturated rings. The summed E-state index contributed by atoms with van der Waals surface area (Å²) >= 11 is 0. The Morgan fingerprint density at radius 3 is 2.17 bits per heavy atom. The number of furan rings is 1. The van der Waals surface area contributed by atoms with Gasteiger partial charge >= 0.3 is 0 Å². The van der Waals surface area contributed by atoms with Gasteiger partial charge in [0.05, 0.1) is 13.7 Å². The zero-order valence-electron chi connectivity index (χ0n) is 37.3. The monoisotopic (exact) mass is 948 g/mol. The van der Waals surface area contributed by atoms with Crippen LogP contribution in [-0.4, -0.2) is 18.0 Å². The molecule has 0 amide bonds. The van der Waals surface area contributed by atoms with E-state index in [9.17, 15) is 0 Å². The van der Waals surface area contributed by atoms with Gasteiger partial charge in [0, 0.05) is 50.1 Å². The molecule has 0 atom stereocenters. The molecule has 3 nitrogen and oxygen atoms in total. The van der Waals surface area contributed by atoms with E-state index in [2.05, 4.69) is 128 Å². The Kier molecular flexibility index (Phi) is 9.18. The largest absolute Gasteiger partial charge is 0.500 e. The minimum absolute atomic E-state index is 0. The zero-order chi connectivity index (χ0) is 43.2. The second-order valence-corrected chi connectivity index (χ2v) is 20.4. The van der Waals surface area contributed by atoms with Crippen molar-refractivity contribution in [2.75, 3.05) is 0 Å². The van der Waals surface area contributed by atoms with Crippen molar-refractivity contribution in [3.63, 3.8) is 0 Å². The molecule has 0 saturated carbocycles. The number of rotatable bonds is 5. The topological polar surface area (TPSA) is 38.9 Å². The molecule has 10 aromatic rings. The van der Waals surface area contributed by atoms with Crippen LogP contribution in [0.3, 0.4) is 0 Å². The molecule has 3 heterocycles. The van der Waals surface area contributed by atoms with Gasteiger partial charge in [-0.1, -0.05) is 170 Å². The van der Waals surface area contributed by atoms with Gasteiger partial charge < -0.3 is 14.4 Å². The van der Waals surface area contributed by atoms with Crippen LogP contribution in [0, 0.1) is 25.9 Å². The van der Waals surface area contributed by atoms with Gasteiger partial charge in [0.25, 0.3) is 0 Å². The van der Waals surface area contributed by atoms with Gasteiger partial charge in [-0.25, -0.2) is 0 Å². The molecule has 58 heavy (non-hydrogen) atoms. The summed E-state index contributed by atoms with van der Waals surface area (Å²) in [6.07, 6.45) is 3.38. The van der Waals surface area contributed by atoms with Crippen LogP contribution in [0.4, 0.5) is 0 Å². The summed E-state index contributed by atoms with van der Waals surface area (Å²) in [4.78, 5) is 9.03. The Labute approximate surface area is 361 Å². The molecular formula is C53H42IrN2OSi-2. The predicted octanol–water partition coefficient (Wildman–Crippen LogP) is 13.8. The van der Waals surface area contributed by atoms with Crippen LogP contribution in [0.25, 0.3) is 88.3 Å². The molecule has 285 valence electrons. The van der Waals surface area contributed by atoms with Crippen molar-refractivity contribution in [2.24, 2.45) is 0 Å². The summed E-state index contributed by atoms with van der Waals surface area (Å²) in [5, 5.41) is 8.42. The molecule has 0 saturated heterocycles. The molecule has 5 heteroatoms. The van der Waals surface area contributed by atoms with Gasteiger partial charge in [-0.3, -0.25) is 0 Å². The molecule has 0 bridgehead atoms.